The first-order valence-corrected chi connectivity index (χ1v) is 9.93. The summed E-state index contributed by atoms with van der Waals surface area (Å²) in [5.74, 6) is -3.24. The molecule has 1 saturated heterocycles. The van der Waals surface area contributed by atoms with E-state index in [0.717, 1.165) is 25.6 Å². The van der Waals surface area contributed by atoms with Crippen molar-refractivity contribution in [2.45, 2.75) is 43.6 Å². The zero-order valence-corrected chi connectivity index (χ0v) is 16.3. The van der Waals surface area contributed by atoms with Gasteiger partial charge < -0.3 is 15.3 Å². The number of hydrogen-bond donors (Lipinski definition) is 3. The van der Waals surface area contributed by atoms with E-state index in [4.69, 9.17) is 19.8 Å². The topological polar surface area (TPSA) is 98.1 Å². The second-order valence-electron chi connectivity index (χ2n) is 7.90. The van der Waals surface area contributed by atoms with Crippen LogP contribution in [-0.2, 0) is 21.4 Å². The standard InChI is InChI=1S/C21H25NO.C2H2O4/c23-20-10-4-8-18(14-20)21-12-5-9-19(15-21)22(16-21)13-11-17-6-2-1-3-7-17;3-1(4)2(5)6/h1-4,6-8,10,14,19,23H,5,9,11-13,15-16H2;(H,3,4)(H,5,6). The normalized spacial score (nSPS) is 23.1. The third-order valence-electron chi connectivity index (χ3n) is 6.01. The Bertz CT molecular complexity index is 841. The Kier molecular flexibility index (Phi) is 6.54. The van der Waals surface area contributed by atoms with Crippen molar-refractivity contribution in [2.24, 2.45) is 0 Å². The summed E-state index contributed by atoms with van der Waals surface area (Å²) in [7, 11) is 0. The minimum atomic E-state index is -1.82. The van der Waals surface area contributed by atoms with Gasteiger partial charge in [0.15, 0.2) is 0 Å². The molecular formula is C23H27NO5. The predicted molar refractivity (Wildman–Crippen MR) is 109 cm³/mol. The Morgan fingerprint density at radius 2 is 1.76 bits per heavy atom. The van der Waals surface area contributed by atoms with Crippen molar-refractivity contribution in [1.82, 2.24) is 4.90 Å². The van der Waals surface area contributed by atoms with E-state index in [1.807, 2.05) is 12.1 Å². The van der Waals surface area contributed by atoms with E-state index < -0.39 is 11.9 Å². The van der Waals surface area contributed by atoms with Gasteiger partial charge in [0.25, 0.3) is 0 Å². The van der Waals surface area contributed by atoms with E-state index in [0.29, 0.717) is 5.75 Å². The summed E-state index contributed by atoms with van der Waals surface area (Å²) in [6.45, 7) is 2.29. The average Bonchev–Trinajstić information content (AvgIpc) is 2.98. The number of aliphatic carboxylic acids is 2. The number of phenols is 1. The molecule has 6 nitrogen and oxygen atoms in total. The first kappa shape index (κ1) is 20.9. The Labute approximate surface area is 170 Å². The third kappa shape index (κ3) is 5.15. The molecule has 2 aliphatic rings. The highest BCUT2D eigenvalue weighted by Gasteiger charge is 2.47. The molecule has 2 aromatic carbocycles. The van der Waals surface area contributed by atoms with Crippen LogP contribution in [0, 0.1) is 0 Å². The van der Waals surface area contributed by atoms with Crippen molar-refractivity contribution >= 4 is 11.9 Å². The number of rotatable bonds is 4. The Morgan fingerprint density at radius 3 is 2.41 bits per heavy atom. The second kappa shape index (κ2) is 9.09. The van der Waals surface area contributed by atoms with E-state index in [1.54, 1.807) is 6.07 Å². The lowest BCUT2D eigenvalue weighted by molar-refractivity contribution is -0.159. The van der Waals surface area contributed by atoms with Crippen LogP contribution >= 0.6 is 0 Å². The van der Waals surface area contributed by atoms with Crippen molar-refractivity contribution in [3.8, 4) is 5.75 Å². The number of carbonyl (C=O) groups is 2. The Morgan fingerprint density at radius 1 is 1.03 bits per heavy atom. The van der Waals surface area contributed by atoms with E-state index in [-0.39, 0.29) is 5.41 Å². The lowest BCUT2D eigenvalue weighted by Gasteiger charge is -2.32. The summed E-state index contributed by atoms with van der Waals surface area (Å²) in [5.41, 5.74) is 3.03. The molecule has 0 spiro atoms. The molecule has 1 heterocycles. The van der Waals surface area contributed by atoms with Gasteiger partial charge in [0.2, 0.25) is 0 Å². The number of carboxylic acids is 2. The molecule has 2 aromatic rings. The highest BCUT2D eigenvalue weighted by Crippen LogP contribution is 2.47. The number of fused-ring (bicyclic) bond motifs is 2. The summed E-state index contributed by atoms with van der Waals surface area (Å²) >= 11 is 0. The molecule has 29 heavy (non-hydrogen) atoms. The lowest BCUT2D eigenvalue weighted by Crippen LogP contribution is -2.32. The number of nitrogens with zero attached hydrogens (tertiary/aromatic N) is 1. The summed E-state index contributed by atoms with van der Waals surface area (Å²) in [5, 5.41) is 24.7. The van der Waals surface area contributed by atoms with Crippen molar-refractivity contribution in [1.29, 1.82) is 0 Å². The van der Waals surface area contributed by atoms with Gasteiger partial charge in [0.05, 0.1) is 0 Å². The number of phenolic OH excluding ortho intramolecular Hbond substituents is 1. The third-order valence-corrected chi connectivity index (χ3v) is 6.01. The Hall–Kier alpha value is -2.86. The molecule has 1 saturated carbocycles. The van der Waals surface area contributed by atoms with Crippen LogP contribution in [0.15, 0.2) is 54.6 Å². The first-order valence-electron chi connectivity index (χ1n) is 9.93. The molecule has 0 aromatic heterocycles. The van der Waals surface area contributed by atoms with E-state index in [2.05, 4.69) is 41.3 Å². The van der Waals surface area contributed by atoms with Crippen LogP contribution in [0.1, 0.15) is 36.8 Å². The van der Waals surface area contributed by atoms with Crippen molar-refractivity contribution < 1.29 is 24.9 Å². The maximum atomic E-state index is 9.87. The van der Waals surface area contributed by atoms with Crippen LogP contribution in [0.3, 0.4) is 0 Å². The zero-order valence-electron chi connectivity index (χ0n) is 16.3. The number of carboxylic acid groups (broad SMARTS) is 2. The molecular weight excluding hydrogens is 370 g/mol. The van der Waals surface area contributed by atoms with Crippen molar-refractivity contribution in [3.05, 3.63) is 65.7 Å². The fourth-order valence-corrected chi connectivity index (χ4v) is 4.67. The first-order chi connectivity index (χ1) is 13.9. The van der Waals surface area contributed by atoms with Crippen LogP contribution in [-0.4, -0.2) is 51.3 Å². The Balaban J connectivity index is 0.000000353. The maximum absolute atomic E-state index is 9.87. The van der Waals surface area contributed by atoms with Gasteiger partial charge in [0, 0.05) is 24.5 Å². The largest absolute Gasteiger partial charge is 0.508 e. The fourth-order valence-electron chi connectivity index (χ4n) is 4.67. The van der Waals surface area contributed by atoms with Gasteiger partial charge in [-0.2, -0.15) is 0 Å². The van der Waals surface area contributed by atoms with Crippen LogP contribution < -0.4 is 0 Å². The zero-order chi connectivity index (χ0) is 20.9. The number of benzene rings is 2. The highest BCUT2D eigenvalue weighted by atomic mass is 16.4. The fraction of sp³-hybridized carbons (Fsp3) is 0.391. The average molecular weight is 397 g/mol. The van der Waals surface area contributed by atoms with E-state index in [1.165, 1.54) is 36.8 Å². The van der Waals surface area contributed by atoms with Crippen molar-refractivity contribution in [2.75, 3.05) is 13.1 Å². The maximum Gasteiger partial charge on any atom is 0.414 e. The molecule has 2 bridgehead atoms. The number of aromatic hydroxyl groups is 1. The quantitative estimate of drug-likeness (QED) is 0.685. The van der Waals surface area contributed by atoms with E-state index >= 15 is 0 Å². The van der Waals surface area contributed by atoms with Gasteiger partial charge in [0.1, 0.15) is 5.75 Å². The molecule has 3 N–H and O–H groups in total. The van der Waals surface area contributed by atoms with Crippen LogP contribution in [0.4, 0.5) is 0 Å². The van der Waals surface area contributed by atoms with Gasteiger partial charge in [-0.25, -0.2) is 9.59 Å². The molecule has 0 radical (unpaired) electrons. The monoisotopic (exact) mass is 397 g/mol. The molecule has 2 fully saturated rings. The van der Waals surface area contributed by atoms with Crippen molar-refractivity contribution in [3.63, 3.8) is 0 Å². The lowest BCUT2D eigenvalue weighted by atomic mass is 9.71. The second-order valence-corrected chi connectivity index (χ2v) is 7.90. The smallest absolute Gasteiger partial charge is 0.414 e. The van der Waals surface area contributed by atoms with Gasteiger partial charge in [-0.1, -0.05) is 48.9 Å². The van der Waals surface area contributed by atoms with Gasteiger partial charge in [-0.05, 0) is 48.9 Å². The molecule has 2 unspecified atom stereocenters. The molecule has 0 amide bonds. The van der Waals surface area contributed by atoms with Crippen LogP contribution in [0.2, 0.25) is 0 Å². The summed E-state index contributed by atoms with van der Waals surface area (Å²) < 4.78 is 0. The molecule has 2 atom stereocenters. The number of hydrogen-bond acceptors (Lipinski definition) is 4. The molecule has 154 valence electrons. The summed E-state index contributed by atoms with van der Waals surface area (Å²) in [6.07, 6.45) is 6.28. The minimum absolute atomic E-state index is 0.262. The SMILES string of the molecule is O=C(O)C(=O)O.Oc1cccc(C23CCCC(C2)N(CCc2ccccc2)C3)c1. The summed E-state index contributed by atoms with van der Waals surface area (Å²) in [4.78, 5) is 20.9. The molecule has 6 heteroatoms. The predicted octanol–water partition coefficient (Wildman–Crippen LogP) is 3.29. The van der Waals surface area contributed by atoms with Gasteiger partial charge >= 0.3 is 11.9 Å². The molecule has 1 aliphatic heterocycles. The van der Waals surface area contributed by atoms with Gasteiger partial charge in [-0.3, -0.25) is 4.90 Å². The number of likely N-dealkylation sites (tertiary alicyclic amines) is 1. The minimum Gasteiger partial charge on any atom is -0.508 e. The molecule has 1 aliphatic carbocycles. The van der Waals surface area contributed by atoms with E-state index in [9.17, 15) is 5.11 Å². The van der Waals surface area contributed by atoms with Crippen LogP contribution in [0.5, 0.6) is 5.75 Å². The highest BCUT2D eigenvalue weighted by molar-refractivity contribution is 6.27. The molecule has 4 rings (SSSR count). The van der Waals surface area contributed by atoms with Crippen LogP contribution in [0.25, 0.3) is 0 Å². The van der Waals surface area contributed by atoms with Gasteiger partial charge in [-0.15, -0.1) is 0 Å². The summed E-state index contributed by atoms with van der Waals surface area (Å²) in [6, 6.07) is 19.5.